The van der Waals surface area contributed by atoms with Gasteiger partial charge in [-0.05, 0) is 30.7 Å². The zero-order valence-corrected chi connectivity index (χ0v) is 13.4. The molecule has 0 fully saturated rings. The van der Waals surface area contributed by atoms with Crippen molar-refractivity contribution in [3.05, 3.63) is 45.9 Å². The summed E-state index contributed by atoms with van der Waals surface area (Å²) in [4.78, 5) is 16.0. The van der Waals surface area contributed by atoms with E-state index in [2.05, 4.69) is 26.2 Å². The normalized spacial score (nSPS) is 10.4. The van der Waals surface area contributed by atoms with Crippen molar-refractivity contribution in [2.45, 2.75) is 10.8 Å². The summed E-state index contributed by atoms with van der Waals surface area (Å²) in [5, 5.41) is 4.88. The van der Waals surface area contributed by atoms with Crippen LogP contribution in [0, 0.1) is 0 Å². The number of carbonyl (C=O) groups is 1. The van der Waals surface area contributed by atoms with Crippen LogP contribution in [0.3, 0.4) is 0 Å². The molecule has 0 bridgehead atoms. The molecule has 100 valence electrons. The van der Waals surface area contributed by atoms with Crippen molar-refractivity contribution in [1.29, 1.82) is 0 Å². The fourth-order valence-corrected chi connectivity index (χ4v) is 3.33. The summed E-state index contributed by atoms with van der Waals surface area (Å²) >= 11 is 6.72. The predicted octanol–water partition coefficient (Wildman–Crippen LogP) is 3.82. The predicted molar refractivity (Wildman–Crippen MR) is 83.9 cm³/mol. The van der Waals surface area contributed by atoms with E-state index >= 15 is 0 Å². The van der Waals surface area contributed by atoms with Crippen molar-refractivity contribution >= 4 is 44.9 Å². The van der Waals surface area contributed by atoms with Gasteiger partial charge in [-0.1, -0.05) is 27.7 Å². The third-order valence-electron chi connectivity index (χ3n) is 2.35. The SMILES string of the molecule is O=C(NCCCSc1nccs1)c1ccc(Br)cc1. The monoisotopic (exact) mass is 356 g/mol. The molecule has 1 heterocycles. The largest absolute Gasteiger partial charge is 0.352 e. The highest BCUT2D eigenvalue weighted by Gasteiger charge is 2.04. The molecular weight excluding hydrogens is 344 g/mol. The first-order chi connectivity index (χ1) is 9.25. The zero-order valence-electron chi connectivity index (χ0n) is 10.1. The van der Waals surface area contributed by atoms with Crippen LogP contribution in [0.1, 0.15) is 16.8 Å². The molecule has 0 saturated carbocycles. The third-order valence-corrected chi connectivity index (χ3v) is 4.93. The van der Waals surface area contributed by atoms with Crippen molar-refractivity contribution in [2.75, 3.05) is 12.3 Å². The van der Waals surface area contributed by atoms with Gasteiger partial charge in [0.2, 0.25) is 0 Å². The molecule has 0 saturated heterocycles. The van der Waals surface area contributed by atoms with Crippen LogP contribution < -0.4 is 5.32 Å². The molecule has 1 amide bonds. The molecule has 19 heavy (non-hydrogen) atoms. The summed E-state index contributed by atoms with van der Waals surface area (Å²) in [6.45, 7) is 0.688. The highest BCUT2D eigenvalue weighted by molar-refractivity contribution is 9.10. The first-order valence-electron chi connectivity index (χ1n) is 5.82. The second-order valence-corrected chi connectivity index (χ2v) is 6.92. The summed E-state index contributed by atoms with van der Waals surface area (Å²) in [6, 6.07) is 7.36. The van der Waals surface area contributed by atoms with Crippen molar-refractivity contribution in [1.82, 2.24) is 10.3 Å². The maximum Gasteiger partial charge on any atom is 0.251 e. The first-order valence-corrected chi connectivity index (χ1v) is 8.47. The van der Waals surface area contributed by atoms with E-state index in [9.17, 15) is 4.79 Å². The quantitative estimate of drug-likeness (QED) is 0.631. The average Bonchev–Trinajstić information content (AvgIpc) is 2.92. The number of hydrogen-bond acceptors (Lipinski definition) is 4. The van der Waals surface area contributed by atoms with Crippen LogP contribution in [-0.2, 0) is 0 Å². The lowest BCUT2D eigenvalue weighted by Crippen LogP contribution is -2.24. The molecule has 0 radical (unpaired) electrons. The van der Waals surface area contributed by atoms with Crippen molar-refractivity contribution in [3.63, 3.8) is 0 Å². The molecule has 0 aliphatic carbocycles. The molecule has 0 aliphatic heterocycles. The van der Waals surface area contributed by atoms with Gasteiger partial charge in [-0.2, -0.15) is 0 Å². The Morgan fingerprint density at radius 2 is 2.16 bits per heavy atom. The number of nitrogens with one attached hydrogen (secondary N) is 1. The molecule has 0 atom stereocenters. The smallest absolute Gasteiger partial charge is 0.251 e. The summed E-state index contributed by atoms with van der Waals surface area (Å²) in [5.74, 6) is 0.945. The molecule has 0 aliphatic rings. The van der Waals surface area contributed by atoms with Gasteiger partial charge in [0.1, 0.15) is 4.34 Å². The number of thiazole rings is 1. The molecule has 1 aromatic heterocycles. The standard InChI is InChI=1S/C13H13BrN2OS2/c14-11-4-2-10(3-5-11)12(17)15-6-1-8-18-13-16-7-9-19-13/h2-5,7,9H,1,6,8H2,(H,15,17). The summed E-state index contributed by atoms with van der Waals surface area (Å²) < 4.78 is 2.06. The lowest BCUT2D eigenvalue weighted by atomic mass is 10.2. The van der Waals surface area contributed by atoms with E-state index in [0.29, 0.717) is 12.1 Å². The third kappa shape index (κ3) is 4.97. The number of benzene rings is 1. The first kappa shape index (κ1) is 14.6. The number of amides is 1. The van der Waals surface area contributed by atoms with E-state index in [0.717, 1.165) is 21.0 Å². The Hall–Kier alpha value is -0.850. The summed E-state index contributed by atoms with van der Waals surface area (Å²) in [7, 11) is 0. The molecule has 1 aromatic carbocycles. The van der Waals surface area contributed by atoms with E-state index < -0.39 is 0 Å². The van der Waals surface area contributed by atoms with Gasteiger partial charge >= 0.3 is 0 Å². The molecule has 6 heteroatoms. The average molecular weight is 357 g/mol. The van der Waals surface area contributed by atoms with Crippen LogP contribution in [0.5, 0.6) is 0 Å². The summed E-state index contributed by atoms with van der Waals surface area (Å²) in [6.07, 6.45) is 2.74. The number of halogens is 1. The molecule has 0 spiro atoms. The van der Waals surface area contributed by atoms with Gasteiger partial charge in [-0.15, -0.1) is 11.3 Å². The Morgan fingerprint density at radius 1 is 1.37 bits per heavy atom. The van der Waals surface area contributed by atoms with Crippen LogP contribution in [0.25, 0.3) is 0 Å². The van der Waals surface area contributed by atoms with Crippen molar-refractivity contribution < 1.29 is 4.79 Å². The molecule has 1 N–H and O–H groups in total. The van der Waals surface area contributed by atoms with Gasteiger partial charge in [0.15, 0.2) is 0 Å². The maximum absolute atomic E-state index is 11.8. The lowest BCUT2D eigenvalue weighted by molar-refractivity contribution is 0.0954. The highest BCUT2D eigenvalue weighted by atomic mass is 79.9. The number of nitrogens with zero attached hydrogens (tertiary/aromatic N) is 1. The molecule has 2 aromatic rings. The number of carbonyl (C=O) groups excluding carboxylic acids is 1. The Balaban J connectivity index is 1.65. The van der Waals surface area contributed by atoms with Gasteiger partial charge in [-0.3, -0.25) is 4.79 Å². The van der Waals surface area contributed by atoms with E-state index in [1.165, 1.54) is 0 Å². The lowest BCUT2D eigenvalue weighted by Gasteiger charge is -2.04. The second-order valence-electron chi connectivity index (χ2n) is 3.76. The molecule has 0 unspecified atom stereocenters. The van der Waals surface area contributed by atoms with Gasteiger partial charge in [0.05, 0.1) is 0 Å². The Kier molecular flexibility index (Phi) is 5.88. The van der Waals surface area contributed by atoms with Gasteiger partial charge in [-0.25, -0.2) is 4.98 Å². The minimum atomic E-state index is -0.0215. The number of hydrogen-bond donors (Lipinski definition) is 1. The van der Waals surface area contributed by atoms with Crippen LogP contribution in [0.2, 0.25) is 0 Å². The van der Waals surface area contributed by atoms with Gasteiger partial charge < -0.3 is 5.32 Å². The van der Waals surface area contributed by atoms with Crippen LogP contribution in [0.4, 0.5) is 0 Å². The fraction of sp³-hybridized carbons (Fsp3) is 0.231. The minimum Gasteiger partial charge on any atom is -0.352 e. The highest BCUT2D eigenvalue weighted by Crippen LogP contribution is 2.20. The number of aromatic nitrogens is 1. The Bertz CT molecular complexity index is 514. The Morgan fingerprint density at radius 3 is 2.84 bits per heavy atom. The van der Waals surface area contributed by atoms with Crippen molar-refractivity contribution in [2.24, 2.45) is 0 Å². The Labute approximate surface area is 129 Å². The zero-order chi connectivity index (χ0) is 13.5. The van der Waals surface area contributed by atoms with Crippen LogP contribution in [-0.4, -0.2) is 23.2 Å². The molecule has 3 nitrogen and oxygen atoms in total. The van der Waals surface area contributed by atoms with E-state index in [1.54, 1.807) is 23.1 Å². The number of thioether (sulfide) groups is 1. The molecular formula is C13H13BrN2OS2. The molecule has 2 rings (SSSR count). The van der Waals surface area contributed by atoms with Crippen molar-refractivity contribution in [3.8, 4) is 0 Å². The second kappa shape index (κ2) is 7.67. The summed E-state index contributed by atoms with van der Waals surface area (Å²) in [5.41, 5.74) is 0.691. The van der Waals surface area contributed by atoms with E-state index in [-0.39, 0.29) is 5.91 Å². The maximum atomic E-state index is 11.8. The van der Waals surface area contributed by atoms with E-state index in [1.807, 2.05) is 35.8 Å². The number of rotatable bonds is 6. The fourth-order valence-electron chi connectivity index (χ4n) is 1.42. The van der Waals surface area contributed by atoms with Crippen LogP contribution >= 0.6 is 39.0 Å². The van der Waals surface area contributed by atoms with Gasteiger partial charge in [0, 0.05) is 33.9 Å². The minimum absolute atomic E-state index is 0.0215. The topological polar surface area (TPSA) is 42.0 Å². The van der Waals surface area contributed by atoms with Gasteiger partial charge in [0.25, 0.3) is 5.91 Å². The van der Waals surface area contributed by atoms with Crippen LogP contribution in [0.15, 0.2) is 44.7 Å². The van der Waals surface area contributed by atoms with E-state index in [4.69, 9.17) is 0 Å².